The zero-order valence-electron chi connectivity index (χ0n) is 11.6. The number of hydrogen-bond acceptors (Lipinski definition) is 3. The molecule has 0 aromatic carbocycles. The van der Waals surface area contributed by atoms with Gasteiger partial charge in [-0.15, -0.1) is 0 Å². The van der Waals surface area contributed by atoms with Crippen molar-refractivity contribution in [2.75, 3.05) is 11.9 Å². The normalized spacial score (nSPS) is 17.6. The van der Waals surface area contributed by atoms with E-state index in [1.54, 1.807) is 0 Å². The van der Waals surface area contributed by atoms with Crippen molar-refractivity contribution >= 4 is 21.7 Å². The maximum absolute atomic E-state index is 4.60. The summed E-state index contributed by atoms with van der Waals surface area (Å²) < 4.78 is 0.851. The van der Waals surface area contributed by atoms with Crippen LogP contribution in [0.5, 0.6) is 0 Å². The zero-order valence-corrected chi connectivity index (χ0v) is 13.2. The molecule has 0 aliphatic heterocycles. The van der Waals surface area contributed by atoms with Crippen LogP contribution in [0.2, 0.25) is 0 Å². The average molecular weight is 312 g/mol. The van der Waals surface area contributed by atoms with Gasteiger partial charge >= 0.3 is 0 Å². The first-order chi connectivity index (χ1) is 8.36. The van der Waals surface area contributed by atoms with E-state index in [0.717, 1.165) is 34.6 Å². The molecule has 100 valence electrons. The number of nitrogens with one attached hydrogen (secondary N) is 1. The van der Waals surface area contributed by atoms with Gasteiger partial charge in [0, 0.05) is 18.0 Å². The second kappa shape index (κ2) is 5.16. The van der Waals surface area contributed by atoms with Crippen molar-refractivity contribution in [1.82, 2.24) is 9.97 Å². The molecule has 18 heavy (non-hydrogen) atoms. The molecule has 4 heteroatoms. The van der Waals surface area contributed by atoms with Crippen LogP contribution in [0.3, 0.4) is 0 Å². The molecule has 0 bridgehead atoms. The van der Waals surface area contributed by atoms with Gasteiger partial charge in [-0.05, 0) is 40.6 Å². The molecule has 1 aliphatic carbocycles. The Hall–Kier alpha value is -0.640. The summed E-state index contributed by atoms with van der Waals surface area (Å²) in [4.78, 5) is 9.05. The summed E-state index contributed by atoms with van der Waals surface area (Å²) in [6, 6.07) is 1.95. The fourth-order valence-electron chi connectivity index (χ4n) is 1.94. The molecule has 0 amide bonds. The summed E-state index contributed by atoms with van der Waals surface area (Å²) in [6.07, 6.45) is 2.78. The molecular formula is C14H22BrN3. The number of aromatic nitrogens is 2. The first-order valence-corrected chi connectivity index (χ1v) is 7.44. The Labute approximate surface area is 118 Å². The number of halogens is 1. The van der Waals surface area contributed by atoms with Gasteiger partial charge in [0.05, 0.1) is 0 Å². The van der Waals surface area contributed by atoms with E-state index < -0.39 is 0 Å². The van der Waals surface area contributed by atoms with Crippen molar-refractivity contribution in [2.45, 2.75) is 46.0 Å². The quantitative estimate of drug-likeness (QED) is 0.854. The van der Waals surface area contributed by atoms with Gasteiger partial charge in [-0.1, -0.05) is 27.7 Å². The van der Waals surface area contributed by atoms with Crippen LogP contribution in [0.15, 0.2) is 10.7 Å². The van der Waals surface area contributed by atoms with Crippen LogP contribution in [-0.2, 0) is 5.41 Å². The third kappa shape index (κ3) is 3.67. The van der Waals surface area contributed by atoms with Gasteiger partial charge in [0.1, 0.15) is 16.2 Å². The van der Waals surface area contributed by atoms with Crippen LogP contribution in [0.4, 0.5) is 5.82 Å². The van der Waals surface area contributed by atoms with Gasteiger partial charge in [-0.2, -0.15) is 0 Å². The van der Waals surface area contributed by atoms with Crippen LogP contribution >= 0.6 is 15.9 Å². The second-order valence-corrected chi connectivity index (χ2v) is 7.16. The lowest BCUT2D eigenvalue weighted by Gasteiger charge is -2.18. The van der Waals surface area contributed by atoms with E-state index in [2.05, 4.69) is 58.9 Å². The van der Waals surface area contributed by atoms with Crippen LogP contribution in [-0.4, -0.2) is 16.5 Å². The van der Waals surface area contributed by atoms with Crippen molar-refractivity contribution in [3.63, 3.8) is 0 Å². The molecule has 0 saturated heterocycles. The molecule has 1 aliphatic rings. The van der Waals surface area contributed by atoms with Crippen LogP contribution in [0, 0.1) is 11.8 Å². The highest BCUT2D eigenvalue weighted by molar-refractivity contribution is 9.10. The molecule has 1 heterocycles. The van der Waals surface area contributed by atoms with Crippen molar-refractivity contribution < 1.29 is 0 Å². The van der Waals surface area contributed by atoms with Gasteiger partial charge in [-0.25, -0.2) is 9.97 Å². The Morgan fingerprint density at radius 2 is 2.06 bits per heavy atom. The highest BCUT2D eigenvalue weighted by Gasteiger charge is 2.27. The molecule has 2 rings (SSSR count). The Balaban J connectivity index is 2.05. The van der Waals surface area contributed by atoms with E-state index in [-0.39, 0.29) is 5.41 Å². The van der Waals surface area contributed by atoms with E-state index in [9.17, 15) is 0 Å². The van der Waals surface area contributed by atoms with Gasteiger partial charge < -0.3 is 5.32 Å². The maximum Gasteiger partial charge on any atom is 0.137 e. The Kier molecular flexibility index (Phi) is 3.95. The Bertz CT molecular complexity index is 422. The van der Waals surface area contributed by atoms with E-state index in [1.165, 1.54) is 12.8 Å². The second-order valence-electron chi connectivity index (χ2n) is 6.35. The monoisotopic (exact) mass is 311 g/mol. The topological polar surface area (TPSA) is 37.8 Å². The fraction of sp³-hybridized carbons (Fsp3) is 0.714. The molecule has 1 fully saturated rings. The first kappa shape index (κ1) is 13.8. The molecule has 1 aromatic heterocycles. The summed E-state index contributed by atoms with van der Waals surface area (Å²) in [5.74, 6) is 3.45. The third-order valence-corrected chi connectivity index (χ3v) is 3.80. The van der Waals surface area contributed by atoms with Crippen molar-refractivity contribution in [3.05, 3.63) is 16.5 Å². The minimum atomic E-state index is -0.0255. The molecule has 1 N–H and O–H groups in total. The predicted octanol–water partition coefficient (Wildman–Crippen LogP) is 3.99. The summed E-state index contributed by atoms with van der Waals surface area (Å²) in [5, 5.41) is 3.44. The third-order valence-electron chi connectivity index (χ3n) is 3.40. The van der Waals surface area contributed by atoms with Crippen LogP contribution < -0.4 is 5.32 Å². The zero-order chi connectivity index (χ0) is 13.3. The molecule has 0 radical (unpaired) electrons. The summed E-state index contributed by atoms with van der Waals surface area (Å²) in [5.41, 5.74) is -0.0255. The highest BCUT2D eigenvalue weighted by atomic mass is 79.9. The van der Waals surface area contributed by atoms with Gasteiger partial charge in [0.15, 0.2) is 0 Å². The summed E-state index contributed by atoms with van der Waals surface area (Å²) in [7, 11) is 0. The lowest BCUT2D eigenvalue weighted by Crippen LogP contribution is -2.19. The van der Waals surface area contributed by atoms with Gasteiger partial charge in [0.25, 0.3) is 0 Å². The van der Waals surface area contributed by atoms with E-state index in [1.807, 2.05) is 6.07 Å². The molecule has 3 nitrogen and oxygen atoms in total. The maximum atomic E-state index is 4.60. The number of anilines is 1. The molecule has 0 spiro atoms. The minimum absolute atomic E-state index is 0.0255. The predicted molar refractivity (Wildman–Crippen MR) is 78.8 cm³/mol. The van der Waals surface area contributed by atoms with Crippen molar-refractivity contribution in [1.29, 1.82) is 0 Å². The average Bonchev–Trinajstić information content (AvgIpc) is 3.07. The molecular weight excluding hydrogens is 290 g/mol. The summed E-state index contributed by atoms with van der Waals surface area (Å²) in [6.45, 7) is 9.70. The van der Waals surface area contributed by atoms with Crippen LogP contribution in [0.1, 0.15) is 46.4 Å². The fourth-order valence-corrected chi connectivity index (χ4v) is 2.33. The number of rotatable bonds is 4. The number of hydrogen-bond donors (Lipinski definition) is 1. The molecule has 1 aromatic rings. The van der Waals surface area contributed by atoms with Crippen LogP contribution in [0.25, 0.3) is 0 Å². The minimum Gasteiger partial charge on any atom is -0.370 e. The SMILES string of the molecule is CC(CNc1cc(Br)nc(C(C)(C)C)n1)C1CC1. The lowest BCUT2D eigenvalue weighted by molar-refractivity contribution is 0.530. The Morgan fingerprint density at radius 1 is 1.39 bits per heavy atom. The molecule has 1 unspecified atom stereocenters. The molecule has 1 saturated carbocycles. The number of nitrogens with zero attached hydrogens (tertiary/aromatic N) is 2. The standard InChI is InChI=1S/C14H22BrN3/c1-9(10-5-6-10)8-16-12-7-11(15)17-13(18-12)14(2,3)4/h7,9-10H,5-6,8H2,1-4H3,(H,16,17,18). The molecule has 1 atom stereocenters. The summed E-state index contributed by atoms with van der Waals surface area (Å²) >= 11 is 3.46. The van der Waals surface area contributed by atoms with E-state index in [0.29, 0.717) is 0 Å². The van der Waals surface area contributed by atoms with Crippen molar-refractivity contribution in [2.24, 2.45) is 11.8 Å². The largest absolute Gasteiger partial charge is 0.370 e. The van der Waals surface area contributed by atoms with Gasteiger partial charge in [-0.3, -0.25) is 0 Å². The lowest BCUT2D eigenvalue weighted by atomic mass is 9.96. The van der Waals surface area contributed by atoms with E-state index >= 15 is 0 Å². The smallest absolute Gasteiger partial charge is 0.137 e. The first-order valence-electron chi connectivity index (χ1n) is 6.65. The Morgan fingerprint density at radius 3 is 2.61 bits per heavy atom. The highest BCUT2D eigenvalue weighted by Crippen LogP contribution is 2.36. The van der Waals surface area contributed by atoms with E-state index in [4.69, 9.17) is 0 Å². The van der Waals surface area contributed by atoms with Gasteiger partial charge in [0.2, 0.25) is 0 Å². The van der Waals surface area contributed by atoms with Crippen molar-refractivity contribution in [3.8, 4) is 0 Å².